The van der Waals surface area contributed by atoms with E-state index >= 15 is 0 Å². The summed E-state index contributed by atoms with van der Waals surface area (Å²) in [6, 6.07) is 6.14. The van der Waals surface area contributed by atoms with E-state index in [1.165, 1.54) is 11.1 Å². The van der Waals surface area contributed by atoms with Gasteiger partial charge in [-0.3, -0.25) is 4.90 Å². The molecule has 0 bridgehead atoms. The van der Waals surface area contributed by atoms with Crippen LogP contribution in [0, 0.1) is 0 Å². The molecule has 0 aromatic heterocycles. The van der Waals surface area contributed by atoms with E-state index in [-0.39, 0.29) is 6.10 Å². The number of benzene rings is 1. The fourth-order valence-corrected chi connectivity index (χ4v) is 2.21. The van der Waals surface area contributed by atoms with Crippen LogP contribution in [-0.4, -0.2) is 24.7 Å². The molecule has 14 heavy (non-hydrogen) atoms. The average Bonchev–Trinajstić information content (AvgIpc) is 2.93. The van der Waals surface area contributed by atoms with E-state index in [1.54, 1.807) is 0 Å². The van der Waals surface area contributed by atoms with Gasteiger partial charge in [-0.05, 0) is 36.7 Å². The largest absolute Gasteiger partial charge is 0.399 e. The van der Waals surface area contributed by atoms with Crippen LogP contribution in [0.5, 0.6) is 0 Å². The van der Waals surface area contributed by atoms with Crippen molar-refractivity contribution in [3.63, 3.8) is 0 Å². The minimum Gasteiger partial charge on any atom is -0.399 e. The van der Waals surface area contributed by atoms with Gasteiger partial charge < -0.3 is 10.5 Å². The van der Waals surface area contributed by atoms with Crippen LogP contribution in [0.3, 0.4) is 0 Å². The number of fused-ring (bicyclic) bond motifs is 3. The number of nitrogens with zero attached hydrogens (tertiary/aromatic N) is 1. The Balaban J connectivity index is 2.04. The normalized spacial score (nSPS) is 30.4. The fraction of sp³-hybridized carbons (Fsp3) is 0.455. The molecule has 0 aliphatic carbocycles. The van der Waals surface area contributed by atoms with E-state index in [4.69, 9.17) is 10.5 Å². The van der Waals surface area contributed by atoms with Gasteiger partial charge in [0.1, 0.15) is 12.3 Å². The molecule has 0 spiro atoms. The van der Waals surface area contributed by atoms with Crippen molar-refractivity contribution in [1.29, 1.82) is 0 Å². The molecule has 1 saturated heterocycles. The molecule has 1 fully saturated rings. The molecule has 3 rings (SSSR count). The minimum atomic E-state index is 0.290. The predicted octanol–water partition coefficient (Wildman–Crippen LogP) is 1.15. The molecule has 1 aromatic carbocycles. The van der Waals surface area contributed by atoms with Crippen molar-refractivity contribution in [2.24, 2.45) is 0 Å². The molecule has 2 heterocycles. The Morgan fingerprint density at radius 2 is 2.36 bits per heavy atom. The molecule has 2 atom stereocenters. The Morgan fingerprint density at radius 1 is 1.50 bits per heavy atom. The van der Waals surface area contributed by atoms with Gasteiger partial charge in [-0.1, -0.05) is 6.07 Å². The van der Waals surface area contributed by atoms with Crippen LogP contribution in [0.1, 0.15) is 17.2 Å². The highest BCUT2D eigenvalue weighted by molar-refractivity contribution is 5.47. The summed E-state index contributed by atoms with van der Waals surface area (Å²) in [5.74, 6) is 0. The Bertz CT molecular complexity index is 378. The molecule has 0 saturated carbocycles. The highest BCUT2D eigenvalue weighted by atomic mass is 16.6. The molecule has 2 aliphatic heterocycles. The second-order valence-electron chi connectivity index (χ2n) is 4.14. The first kappa shape index (κ1) is 8.26. The Kier molecular flexibility index (Phi) is 1.60. The average molecular weight is 190 g/mol. The van der Waals surface area contributed by atoms with Gasteiger partial charge in [0.05, 0.1) is 0 Å². The SMILES string of the molecule is CN1CCc2cc(N)ccc2C2OC21. The predicted molar refractivity (Wildman–Crippen MR) is 54.8 cm³/mol. The molecule has 2 N–H and O–H groups in total. The third-order valence-electron chi connectivity index (χ3n) is 3.11. The van der Waals surface area contributed by atoms with Gasteiger partial charge in [0.15, 0.2) is 0 Å². The number of epoxide rings is 1. The topological polar surface area (TPSA) is 41.8 Å². The molecule has 3 nitrogen and oxygen atoms in total. The monoisotopic (exact) mass is 190 g/mol. The molecule has 3 heteroatoms. The smallest absolute Gasteiger partial charge is 0.142 e. The van der Waals surface area contributed by atoms with E-state index in [9.17, 15) is 0 Å². The lowest BCUT2D eigenvalue weighted by atomic mass is 10.0. The van der Waals surface area contributed by atoms with Gasteiger partial charge in [0.25, 0.3) is 0 Å². The maximum atomic E-state index is 5.77. The molecule has 2 unspecified atom stereocenters. The van der Waals surface area contributed by atoms with Crippen molar-refractivity contribution in [2.45, 2.75) is 18.8 Å². The van der Waals surface area contributed by atoms with Crippen LogP contribution in [0.4, 0.5) is 5.69 Å². The van der Waals surface area contributed by atoms with E-state index < -0.39 is 0 Å². The van der Waals surface area contributed by atoms with Gasteiger partial charge in [-0.2, -0.15) is 0 Å². The Labute approximate surface area is 83.5 Å². The zero-order valence-corrected chi connectivity index (χ0v) is 8.23. The maximum Gasteiger partial charge on any atom is 0.142 e. The highest BCUT2D eigenvalue weighted by Gasteiger charge is 2.45. The van der Waals surface area contributed by atoms with Crippen molar-refractivity contribution < 1.29 is 4.74 Å². The standard InChI is InChI=1S/C11H14N2O/c1-13-5-4-7-6-8(12)2-3-9(7)10-11(13)14-10/h2-3,6,10-11H,4-5,12H2,1H3. The maximum absolute atomic E-state index is 5.77. The quantitative estimate of drug-likeness (QED) is 0.493. The van der Waals surface area contributed by atoms with Crippen molar-refractivity contribution in [3.05, 3.63) is 29.3 Å². The Hall–Kier alpha value is -1.06. The summed E-state index contributed by atoms with van der Waals surface area (Å²) >= 11 is 0. The van der Waals surface area contributed by atoms with Crippen LogP contribution in [0.25, 0.3) is 0 Å². The van der Waals surface area contributed by atoms with E-state index in [1.807, 2.05) is 6.07 Å². The third kappa shape index (κ3) is 1.13. The summed E-state index contributed by atoms with van der Waals surface area (Å²) < 4.78 is 5.62. The zero-order valence-electron chi connectivity index (χ0n) is 8.23. The summed E-state index contributed by atoms with van der Waals surface area (Å²) in [6.45, 7) is 1.05. The molecule has 2 aliphatic rings. The van der Waals surface area contributed by atoms with E-state index in [0.717, 1.165) is 18.7 Å². The number of nitrogens with two attached hydrogens (primary N) is 1. The minimum absolute atomic E-state index is 0.290. The second kappa shape index (κ2) is 2.72. The van der Waals surface area contributed by atoms with Crippen LogP contribution in [-0.2, 0) is 11.2 Å². The van der Waals surface area contributed by atoms with Gasteiger partial charge in [0, 0.05) is 12.2 Å². The summed E-state index contributed by atoms with van der Waals surface area (Å²) in [6.07, 6.45) is 1.67. The summed E-state index contributed by atoms with van der Waals surface area (Å²) in [4.78, 5) is 2.26. The fourth-order valence-electron chi connectivity index (χ4n) is 2.21. The lowest BCUT2D eigenvalue weighted by Crippen LogP contribution is -2.23. The van der Waals surface area contributed by atoms with Crippen molar-refractivity contribution in [1.82, 2.24) is 4.90 Å². The molecule has 1 aromatic rings. The Morgan fingerprint density at radius 3 is 3.21 bits per heavy atom. The number of ether oxygens (including phenoxy) is 1. The van der Waals surface area contributed by atoms with Crippen LogP contribution >= 0.6 is 0 Å². The number of nitrogen functional groups attached to an aromatic ring is 1. The zero-order chi connectivity index (χ0) is 9.71. The van der Waals surface area contributed by atoms with Gasteiger partial charge >= 0.3 is 0 Å². The first-order chi connectivity index (χ1) is 6.75. The van der Waals surface area contributed by atoms with Crippen LogP contribution in [0.2, 0.25) is 0 Å². The molecular weight excluding hydrogens is 176 g/mol. The van der Waals surface area contributed by atoms with Crippen LogP contribution in [0.15, 0.2) is 18.2 Å². The number of rotatable bonds is 0. The highest BCUT2D eigenvalue weighted by Crippen LogP contribution is 2.44. The second-order valence-corrected chi connectivity index (χ2v) is 4.14. The summed E-state index contributed by atoms with van der Waals surface area (Å²) in [7, 11) is 2.11. The third-order valence-corrected chi connectivity index (χ3v) is 3.11. The first-order valence-corrected chi connectivity index (χ1v) is 5.00. The number of anilines is 1. The van der Waals surface area contributed by atoms with Crippen molar-refractivity contribution in [3.8, 4) is 0 Å². The molecule has 74 valence electrons. The number of likely N-dealkylation sites (N-methyl/N-ethyl adjacent to an activating group) is 1. The van der Waals surface area contributed by atoms with Crippen LogP contribution < -0.4 is 5.73 Å². The van der Waals surface area contributed by atoms with Gasteiger partial charge in [-0.15, -0.1) is 0 Å². The van der Waals surface area contributed by atoms with Crippen molar-refractivity contribution >= 4 is 5.69 Å². The lowest BCUT2D eigenvalue weighted by molar-refractivity contribution is 0.210. The van der Waals surface area contributed by atoms with Gasteiger partial charge in [-0.25, -0.2) is 0 Å². The molecular formula is C11H14N2O. The summed E-state index contributed by atoms with van der Waals surface area (Å²) in [5, 5.41) is 0. The first-order valence-electron chi connectivity index (χ1n) is 5.00. The van der Waals surface area contributed by atoms with Crippen molar-refractivity contribution in [2.75, 3.05) is 19.3 Å². The molecule has 0 radical (unpaired) electrons. The molecule has 0 amide bonds. The van der Waals surface area contributed by atoms with Gasteiger partial charge in [0.2, 0.25) is 0 Å². The number of hydrogen-bond donors (Lipinski definition) is 1. The van der Waals surface area contributed by atoms with E-state index in [0.29, 0.717) is 6.23 Å². The lowest BCUT2D eigenvalue weighted by Gasteiger charge is -2.11. The number of hydrogen-bond acceptors (Lipinski definition) is 3. The van der Waals surface area contributed by atoms with E-state index in [2.05, 4.69) is 24.1 Å². The summed E-state index contributed by atoms with van der Waals surface area (Å²) in [5.41, 5.74) is 9.30.